The van der Waals surface area contributed by atoms with Crippen molar-refractivity contribution in [3.8, 4) is 0 Å². The van der Waals surface area contributed by atoms with Crippen LogP contribution in [0.3, 0.4) is 0 Å². The van der Waals surface area contributed by atoms with Gasteiger partial charge in [0.05, 0.1) is 0 Å². The fourth-order valence-electron chi connectivity index (χ4n) is 2.26. The zero-order valence-corrected chi connectivity index (χ0v) is 10.4. The van der Waals surface area contributed by atoms with Crippen LogP contribution < -0.4 is 5.73 Å². The average molecular weight is 233 g/mol. The maximum absolute atomic E-state index is 12.1. The van der Waals surface area contributed by atoms with Gasteiger partial charge in [0.25, 0.3) is 5.91 Å². The van der Waals surface area contributed by atoms with Crippen LogP contribution in [0.5, 0.6) is 0 Å². The van der Waals surface area contributed by atoms with E-state index in [1.54, 1.807) is 11.0 Å². The van der Waals surface area contributed by atoms with Gasteiger partial charge in [-0.05, 0) is 37.8 Å². The highest BCUT2D eigenvalue weighted by Crippen LogP contribution is 2.26. The lowest BCUT2D eigenvalue weighted by Crippen LogP contribution is -2.43. The first kappa shape index (κ1) is 12.0. The first-order valence-electron chi connectivity index (χ1n) is 6.01. The summed E-state index contributed by atoms with van der Waals surface area (Å²) in [5.74, 6) is 0.554. The molecule has 2 rings (SSSR count). The van der Waals surface area contributed by atoms with Crippen LogP contribution in [0.2, 0.25) is 0 Å². The number of rotatable bonds is 3. The van der Waals surface area contributed by atoms with E-state index < -0.39 is 0 Å². The highest BCUT2D eigenvalue weighted by Gasteiger charge is 2.28. The second-order valence-corrected chi connectivity index (χ2v) is 4.95. The number of nitrogens with zero attached hydrogens (tertiary/aromatic N) is 2. The zero-order chi connectivity index (χ0) is 12.4. The third-order valence-electron chi connectivity index (χ3n) is 3.26. The Hall–Kier alpha value is -1.42. The normalized spacial score (nSPS) is 23.0. The quantitative estimate of drug-likeness (QED) is 0.853. The summed E-state index contributed by atoms with van der Waals surface area (Å²) < 4.78 is 0. The van der Waals surface area contributed by atoms with Crippen LogP contribution in [0.15, 0.2) is 18.2 Å². The summed E-state index contributed by atoms with van der Waals surface area (Å²) in [6.07, 6.45) is 2.05. The SMILES string of the molecule is Cc1cccc(C(=O)N(C)CC2CC(N)C2)n1. The van der Waals surface area contributed by atoms with E-state index in [1.807, 2.05) is 26.1 Å². The molecular weight excluding hydrogens is 214 g/mol. The van der Waals surface area contributed by atoms with E-state index >= 15 is 0 Å². The lowest BCUT2D eigenvalue weighted by molar-refractivity contribution is 0.0728. The Bertz CT molecular complexity index is 413. The molecule has 0 bridgehead atoms. The molecule has 0 aliphatic heterocycles. The molecule has 1 aromatic heterocycles. The van der Waals surface area contributed by atoms with E-state index in [-0.39, 0.29) is 5.91 Å². The number of nitrogens with two attached hydrogens (primary N) is 1. The Morgan fingerprint density at radius 1 is 1.53 bits per heavy atom. The van der Waals surface area contributed by atoms with Crippen LogP contribution in [0.25, 0.3) is 0 Å². The zero-order valence-electron chi connectivity index (χ0n) is 10.4. The monoisotopic (exact) mass is 233 g/mol. The average Bonchev–Trinajstić information content (AvgIpc) is 2.26. The number of carbonyl (C=O) groups is 1. The van der Waals surface area contributed by atoms with Crippen LogP contribution in [0.1, 0.15) is 29.0 Å². The molecule has 0 spiro atoms. The van der Waals surface area contributed by atoms with Crippen molar-refractivity contribution in [1.29, 1.82) is 0 Å². The van der Waals surface area contributed by atoms with Gasteiger partial charge in [-0.3, -0.25) is 4.79 Å². The molecule has 2 N–H and O–H groups in total. The summed E-state index contributed by atoms with van der Waals surface area (Å²) >= 11 is 0. The molecule has 1 aromatic rings. The van der Waals surface area contributed by atoms with Crippen LogP contribution in [0, 0.1) is 12.8 Å². The summed E-state index contributed by atoms with van der Waals surface area (Å²) in [5.41, 5.74) is 7.13. The van der Waals surface area contributed by atoms with Crippen molar-refractivity contribution in [2.45, 2.75) is 25.8 Å². The molecule has 0 unspecified atom stereocenters. The summed E-state index contributed by atoms with van der Waals surface area (Å²) in [6.45, 7) is 2.67. The van der Waals surface area contributed by atoms with E-state index in [0.29, 0.717) is 17.7 Å². The van der Waals surface area contributed by atoms with Gasteiger partial charge in [-0.2, -0.15) is 0 Å². The Morgan fingerprint density at radius 3 is 2.82 bits per heavy atom. The number of hydrogen-bond acceptors (Lipinski definition) is 3. The van der Waals surface area contributed by atoms with Crippen molar-refractivity contribution < 1.29 is 4.79 Å². The van der Waals surface area contributed by atoms with Crippen molar-refractivity contribution in [2.75, 3.05) is 13.6 Å². The van der Waals surface area contributed by atoms with Crippen LogP contribution in [-0.4, -0.2) is 35.4 Å². The molecule has 1 aliphatic carbocycles. The third-order valence-corrected chi connectivity index (χ3v) is 3.26. The summed E-state index contributed by atoms with van der Waals surface area (Å²) in [5, 5.41) is 0. The van der Waals surface area contributed by atoms with Gasteiger partial charge >= 0.3 is 0 Å². The number of aromatic nitrogens is 1. The molecule has 1 aliphatic rings. The molecule has 4 nitrogen and oxygen atoms in total. The van der Waals surface area contributed by atoms with Gasteiger partial charge < -0.3 is 10.6 Å². The van der Waals surface area contributed by atoms with Crippen LogP contribution in [0.4, 0.5) is 0 Å². The first-order valence-corrected chi connectivity index (χ1v) is 6.01. The Kier molecular flexibility index (Phi) is 3.43. The minimum Gasteiger partial charge on any atom is -0.340 e. The molecule has 1 amide bonds. The van der Waals surface area contributed by atoms with Gasteiger partial charge in [0, 0.05) is 25.3 Å². The van der Waals surface area contributed by atoms with Crippen molar-refractivity contribution in [1.82, 2.24) is 9.88 Å². The van der Waals surface area contributed by atoms with Gasteiger partial charge in [-0.25, -0.2) is 4.98 Å². The van der Waals surface area contributed by atoms with Crippen molar-refractivity contribution >= 4 is 5.91 Å². The maximum Gasteiger partial charge on any atom is 0.272 e. The molecular formula is C13H19N3O. The smallest absolute Gasteiger partial charge is 0.272 e. The predicted octanol–water partition coefficient (Wildman–Crippen LogP) is 1.20. The van der Waals surface area contributed by atoms with Gasteiger partial charge in [0.1, 0.15) is 5.69 Å². The molecule has 0 saturated heterocycles. The molecule has 0 atom stereocenters. The fourth-order valence-corrected chi connectivity index (χ4v) is 2.26. The van der Waals surface area contributed by atoms with E-state index in [2.05, 4.69) is 4.98 Å². The van der Waals surface area contributed by atoms with Crippen molar-refractivity contribution in [3.05, 3.63) is 29.6 Å². The van der Waals surface area contributed by atoms with E-state index in [1.165, 1.54) is 0 Å². The molecule has 4 heteroatoms. The van der Waals surface area contributed by atoms with Crippen LogP contribution in [-0.2, 0) is 0 Å². The van der Waals surface area contributed by atoms with Crippen molar-refractivity contribution in [3.63, 3.8) is 0 Å². The minimum atomic E-state index is -0.00540. The van der Waals surface area contributed by atoms with Gasteiger partial charge in [0.15, 0.2) is 0 Å². The molecule has 17 heavy (non-hydrogen) atoms. The van der Waals surface area contributed by atoms with E-state index in [0.717, 1.165) is 25.1 Å². The Morgan fingerprint density at radius 2 is 2.24 bits per heavy atom. The summed E-state index contributed by atoms with van der Waals surface area (Å²) in [4.78, 5) is 18.1. The maximum atomic E-state index is 12.1. The van der Waals surface area contributed by atoms with Crippen LogP contribution >= 0.6 is 0 Å². The highest BCUT2D eigenvalue weighted by molar-refractivity contribution is 5.92. The van der Waals surface area contributed by atoms with Gasteiger partial charge in [0.2, 0.25) is 0 Å². The molecule has 0 radical (unpaired) electrons. The molecule has 1 heterocycles. The molecule has 0 aromatic carbocycles. The Labute approximate surface area is 102 Å². The summed E-state index contributed by atoms with van der Waals surface area (Å²) in [7, 11) is 1.83. The number of amides is 1. The topological polar surface area (TPSA) is 59.2 Å². The van der Waals surface area contributed by atoms with Gasteiger partial charge in [-0.1, -0.05) is 6.07 Å². The number of aryl methyl sites for hydroxylation is 1. The third kappa shape index (κ3) is 2.82. The van der Waals surface area contributed by atoms with Gasteiger partial charge in [-0.15, -0.1) is 0 Å². The lowest BCUT2D eigenvalue weighted by Gasteiger charge is -2.35. The highest BCUT2D eigenvalue weighted by atomic mass is 16.2. The lowest BCUT2D eigenvalue weighted by atomic mass is 9.80. The second-order valence-electron chi connectivity index (χ2n) is 4.95. The van der Waals surface area contributed by atoms with E-state index in [9.17, 15) is 4.79 Å². The second kappa shape index (κ2) is 4.84. The molecule has 1 saturated carbocycles. The standard InChI is InChI=1S/C13H19N3O/c1-9-4-3-5-12(15-9)13(17)16(2)8-10-6-11(14)7-10/h3-5,10-11H,6-8,14H2,1-2H3. The summed E-state index contributed by atoms with van der Waals surface area (Å²) in [6, 6.07) is 5.85. The number of hydrogen-bond donors (Lipinski definition) is 1. The first-order chi connectivity index (χ1) is 8.06. The Balaban J connectivity index is 1.95. The molecule has 1 fully saturated rings. The predicted molar refractivity (Wildman–Crippen MR) is 66.6 cm³/mol. The largest absolute Gasteiger partial charge is 0.340 e. The minimum absolute atomic E-state index is 0.00540. The number of pyridine rings is 1. The molecule has 92 valence electrons. The van der Waals surface area contributed by atoms with Crippen molar-refractivity contribution in [2.24, 2.45) is 11.7 Å². The number of carbonyl (C=O) groups excluding carboxylic acids is 1. The fraction of sp³-hybridized carbons (Fsp3) is 0.538. The van der Waals surface area contributed by atoms with E-state index in [4.69, 9.17) is 5.73 Å².